The van der Waals surface area contributed by atoms with Gasteiger partial charge in [-0.05, 0) is 12.1 Å². The minimum absolute atomic E-state index is 0.191. The zero-order valence-corrected chi connectivity index (χ0v) is 12.7. The van der Waals surface area contributed by atoms with E-state index < -0.39 is 17.5 Å². The third-order valence-electron chi connectivity index (χ3n) is 3.91. The lowest BCUT2D eigenvalue weighted by Crippen LogP contribution is -2.47. The maximum atomic E-state index is 13.2. The van der Waals surface area contributed by atoms with Crippen LogP contribution < -0.4 is 16.3 Å². The molecule has 6 nitrogen and oxygen atoms in total. The van der Waals surface area contributed by atoms with E-state index in [1.165, 1.54) is 18.2 Å². The Morgan fingerprint density at radius 1 is 1.35 bits per heavy atom. The van der Waals surface area contributed by atoms with Gasteiger partial charge in [0.1, 0.15) is 11.4 Å². The summed E-state index contributed by atoms with van der Waals surface area (Å²) in [5.74, 6) is -0.462. The summed E-state index contributed by atoms with van der Waals surface area (Å²) in [6.07, 6.45) is -0.559. The molecule has 0 bridgehead atoms. The van der Waals surface area contributed by atoms with E-state index in [0.29, 0.717) is 24.2 Å². The van der Waals surface area contributed by atoms with E-state index in [-0.39, 0.29) is 5.58 Å². The van der Waals surface area contributed by atoms with Crippen molar-refractivity contribution in [1.82, 2.24) is 10.2 Å². The van der Waals surface area contributed by atoms with E-state index in [9.17, 15) is 14.3 Å². The second kappa shape index (κ2) is 7.08. The smallest absolute Gasteiger partial charge is 0.338 e. The second-order valence-corrected chi connectivity index (χ2v) is 5.70. The highest BCUT2D eigenvalue weighted by molar-refractivity contribution is 5.89. The highest BCUT2D eigenvalue weighted by Crippen LogP contribution is 2.22. The van der Waals surface area contributed by atoms with Crippen LogP contribution in [0.25, 0.3) is 11.0 Å². The Morgan fingerprint density at radius 2 is 2.13 bits per heavy atom. The number of rotatable bonds is 5. The molecule has 0 amide bonds. The lowest BCUT2D eigenvalue weighted by Gasteiger charge is -2.29. The van der Waals surface area contributed by atoms with Crippen molar-refractivity contribution in [1.29, 1.82) is 0 Å². The number of aliphatic hydroxyl groups excluding tert-OH is 1. The number of nitrogens with one attached hydrogen (secondary N) is 2. The fraction of sp³-hybridized carbons (Fsp3) is 0.438. The van der Waals surface area contributed by atoms with Crippen LogP contribution in [0.5, 0.6) is 0 Å². The lowest BCUT2D eigenvalue weighted by atomic mass is 10.2. The van der Waals surface area contributed by atoms with E-state index in [0.717, 1.165) is 26.2 Å². The molecule has 1 saturated heterocycles. The van der Waals surface area contributed by atoms with Crippen LogP contribution in [0, 0.1) is 5.82 Å². The Labute approximate surface area is 132 Å². The summed E-state index contributed by atoms with van der Waals surface area (Å²) in [5.41, 5.74) is 0.175. The summed E-state index contributed by atoms with van der Waals surface area (Å²) in [6, 6.07) is 5.36. The molecule has 1 fully saturated rings. The third kappa shape index (κ3) is 4.07. The van der Waals surface area contributed by atoms with Gasteiger partial charge in [-0.1, -0.05) is 0 Å². The number of piperazine rings is 1. The van der Waals surface area contributed by atoms with Crippen molar-refractivity contribution >= 4 is 16.7 Å². The number of β-amino-alcohol motifs (C(OH)–C–C–N with tert-alkyl or cyclic N) is 1. The normalized spacial score (nSPS) is 17.3. The second-order valence-electron chi connectivity index (χ2n) is 5.70. The SMILES string of the molecule is O=c1cc(NCC(O)CN2CCNCC2)c2ccc(F)cc2o1. The molecule has 1 aromatic heterocycles. The predicted octanol–water partition coefficient (Wildman–Crippen LogP) is 0.610. The van der Waals surface area contributed by atoms with Crippen LogP contribution in [0.15, 0.2) is 33.5 Å². The Kier molecular flexibility index (Phi) is 4.90. The number of aliphatic hydroxyl groups is 1. The van der Waals surface area contributed by atoms with Crippen molar-refractivity contribution in [3.05, 3.63) is 40.5 Å². The van der Waals surface area contributed by atoms with Crippen LogP contribution >= 0.6 is 0 Å². The summed E-state index contributed by atoms with van der Waals surface area (Å²) in [4.78, 5) is 13.8. The van der Waals surface area contributed by atoms with Crippen molar-refractivity contribution in [2.45, 2.75) is 6.10 Å². The van der Waals surface area contributed by atoms with Crippen molar-refractivity contribution in [3.8, 4) is 0 Å². The number of benzene rings is 1. The Hall–Kier alpha value is -1.96. The summed E-state index contributed by atoms with van der Waals surface area (Å²) >= 11 is 0. The van der Waals surface area contributed by atoms with E-state index in [2.05, 4.69) is 15.5 Å². The third-order valence-corrected chi connectivity index (χ3v) is 3.91. The Balaban J connectivity index is 1.67. The van der Waals surface area contributed by atoms with Gasteiger partial charge in [-0.3, -0.25) is 4.90 Å². The standard InChI is InChI=1S/C16H20FN3O3/c17-11-1-2-13-14(8-16(22)23-15(13)7-11)19-9-12(21)10-20-5-3-18-4-6-20/h1-2,7-8,12,18-19,21H,3-6,9-10H2. The van der Waals surface area contributed by atoms with Crippen LogP contribution in [0.2, 0.25) is 0 Å². The maximum Gasteiger partial charge on any atom is 0.338 e. The first kappa shape index (κ1) is 15.9. The molecule has 1 aromatic carbocycles. The molecule has 3 rings (SSSR count). The molecule has 7 heteroatoms. The van der Waals surface area contributed by atoms with Gasteiger partial charge in [0.05, 0.1) is 11.8 Å². The predicted molar refractivity (Wildman–Crippen MR) is 86.2 cm³/mol. The van der Waals surface area contributed by atoms with Crippen molar-refractivity contribution in [2.24, 2.45) is 0 Å². The van der Waals surface area contributed by atoms with Gasteiger partial charge in [0.2, 0.25) is 0 Å². The van der Waals surface area contributed by atoms with E-state index in [1.807, 2.05) is 0 Å². The van der Waals surface area contributed by atoms with Crippen LogP contribution in [0.1, 0.15) is 0 Å². The number of halogens is 1. The van der Waals surface area contributed by atoms with Gasteiger partial charge in [0.25, 0.3) is 0 Å². The molecule has 0 spiro atoms. The summed E-state index contributed by atoms with van der Waals surface area (Å²) in [5, 5.41) is 17.1. The molecular formula is C16H20FN3O3. The molecule has 124 valence electrons. The fourth-order valence-corrected chi connectivity index (χ4v) is 2.77. The molecule has 1 aliphatic rings. The first-order chi connectivity index (χ1) is 11.1. The van der Waals surface area contributed by atoms with E-state index in [1.54, 1.807) is 6.07 Å². The quantitative estimate of drug-likeness (QED) is 0.701. The van der Waals surface area contributed by atoms with E-state index in [4.69, 9.17) is 4.42 Å². The number of nitrogens with zero attached hydrogens (tertiary/aromatic N) is 1. The highest BCUT2D eigenvalue weighted by Gasteiger charge is 2.15. The number of hydrogen-bond donors (Lipinski definition) is 3. The van der Waals surface area contributed by atoms with Gasteiger partial charge in [-0.15, -0.1) is 0 Å². The lowest BCUT2D eigenvalue weighted by molar-refractivity contribution is 0.114. The molecule has 2 heterocycles. The van der Waals surface area contributed by atoms with Gasteiger partial charge in [0.15, 0.2) is 0 Å². The van der Waals surface area contributed by atoms with Crippen LogP contribution in [-0.2, 0) is 0 Å². The molecule has 1 atom stereocenters. The highest BCUT2D eigenvalue weighted by atomic mass is 19.1. The zero-order chi connectivity index (χ0) is 16.2. The fourth-order valence-electron chi connectivity index (χ4n) is 2.77. The summed E-state index contributed by atoms with van der Waals surface area (Å²) < 4.78 is 18.2. The van der Waals surface area contributed by atoms with Gasteiger partial charge >= 0.3 is 5.63 Å². The minimum atomic E-state index is -0.559. The molecule has 1 aliphatic heterocycles. The average molecular weight is 321 g/mol. The van der Waals surface area contributed by atoms with Crippen LogP contribution in [0.3, 0.4) is 0 Å². The van der Waals surface area contributed by atoms with Crippen molar-refractivity contribution in [2.75, 3.05) is 44.6 Å². The average Bonchev–Trinajstić information content (AvgIpc) is 2.53. The zero-order valence-electron chi connectivity index (χ0n) is 12.7. The van der Waals surface area contributed by atoms with Gasteiger partial charge < -0.3 is 20.2 Å². The largest absolute Gasteiger partial charge is 0.422 e. The number of anilines is 1. The molecule has 0 aliphatic carbocycles. The van der Waals surface area contributed by atoms with Crippen molar-refractivity contribution < 1.29 is 13.9 Å². The summed E-state index contributed by atoms with van der Waals surface area (Å²) in [7, 11) is 0. The first-order valence-corrected chi connectivity index (χ1v) is 7.70. The first-order valence-electron chi connectivity index (χ1n) is 7.70. The van der Waals surface area contributed by atoms with Gasteiger partial charge in [-0.2, -0.15) is 0 Å². The van der Waals surface area contributed by atoms with Crippen molar-refractivity contribution in [3.63, 3.8) is 0 Å². The van der Waals surface area contributed by atoms with E-state index >= 15 is 0 Å². The van der Waals surface area contributed by atoms with Gasteiger partial charge in [-0.25, -0.2) is 9.18 Å². The Morgan fingerprint density at radius 3 is 2.91 bits per heavy atom. The molecule has 0 saturated carbocycles. The Bertz CT molecular complexity index is 728. The topological polar surface area (TPSA) is 77.7 Å². The molecule has 3 N–H and O–H groups in total. The van der Waals surface area contributed by atoms with Gasteiger partial charge in [0, 0.05) is 56.8 Å². The maximum absolute atomic E-state index is 13.2. The molecular weight excluding hydrogens is 301 g/mol. The monoisotopic (exact) mass is 321 g/mol. The minimum Gasteiger partial charge on any atom is -0.422 e. The van der Waals surface area contributed by atoms with Crippen LogP contribution in [0.4, 0.5) is 10.1 Å². The molecule has 2 aromatic rings. The number of hydrogen-bond acceptors (Lipinski definition) is 6. The molecule has 23 heavy (non-hydrogen) atoms. The summed E-state index contributed by atoms with van der Waals surface area (Å²) in [6.45, 7) is 4.55. The number of fused-ring (bicyclic) bond motifs is 1. The molecule has 0 radical (unpaired) electrons. The van der Waals surface area contributed by atoms with Crippen LogP contribution in [-0.4, -0.2) is 55.4 Å². The molecule has 1 unspecified atom stereocenters.